The zero-order valence-electron chi connectivity index (χ0n) is 11.9. The number of esters is 1. The molecule has 2 N–H and O–H groups in total. The number of hydrogen-bond acceptors (Lipinski definition) is 4. The number of thiophene rings is 1. The maximum absolute atomic E-state index is 12.1. The van der Waals surface area contributed by atoms with Crippen LogP contribution in [0.15, 0.2) is 35.7 Å². The molecule has 5 nitrogen and oxygen atoms in total. The summed E-state index contributed by atoms with van der Waals surface area (Å²) >= 11 is 6.79. The van der Waals surface area contributed by atoms with Crippen LogP contribution in [-0.2, 0) is 4.74 Å². The van der Waals surface area contributed by atoms with Crippen molar-refractivity contribution >= 4 is 39.9 Å². The number of alkyl halides is 1. The van der Waals surface area contributed by atoms with Crippen molar-refractivity contribution in [2.75, 3.05) is 24.9 Å². The molecule has 116 valence electrons. The molecule has 1 aromatic carbocycles. The van der Waals surface area contributed by atoms with Crippen LogP contribution in [0.5, 0.6) is 0 Å². The molecule has 0 spiro atoms. The third kappa shape index (κ3) is 3.78. The van der Waals surface area contributed by atoms with Crippen LogP contribution in [0, 0.1) is 0 Å². The molecule has 0 aliphatic carbocycles. The van der Waals surface area contributed by atoms with Gasteiger partial charge in [-0.25, -0.2) is 9.59 Å². The number of benzene rings is 1. The minimum absolute atomic E-state index is 0.316. The summed E-state index contributed by atoms with van der Waals surface area (Å²) in [5.74, 6) is -0.176. The highest BCUT2D eigenvalue weighted by Gasteiger charge is 2.22. The van der Waals surface area contributed by atoms with Gasteiger partial charge < -0.3 is 10.1 Å². The molecular formula is C15H15ClN2O3S. The Balaban J connectivity index is 2.33. The molecule has 2 rings (SSSR count). The minimum Gasteiger partial charge on any atom is -0.465 e. The summed E-state index contributed by atoms with van der Waals surface area (Å²) in [4.78, 5) is 23.8. The molecule has 0 atom stereocenters. The molecule has 0 fully saturated rings. The van der Waals surface area contributed by atoms with E-state index in [1.807, 2.05) is 35.7 Å². The number of rotatable bonds is 5. The molecule has 0 aliphatic heterocycles. The number of nitrogens with one attached hydrogen (secondary N) is 2. The van der Waals surface area contributed by atoms with Crippen molar-refractivity contribution in [3.05, 3.63) is 41.3 Å². The van der Waals surface area contributed by atoms with Gasteiger partial charge in [0.25, 0.3) is 0 Å². The van der Waals surface area contributed by atoms with E-state index in [1.54, 1.807) is 0 Å². The Morgan fingerprint density at radius 1 is 1.27 bits per heavy atom. The molecule has 0 aliphatic rings. The maximum atomic E-state index is 12.1. The van der Waals surface area contributed by atoms with Crippen molar-refractivity contribution in [3.63, 3.8) is 0 Å². The molecule has 0 unspecified atom stereocenters. The van der Waals surface area contributed by atoms with Crippen molar-refractivity contribution in [2.24, 2.45) is 0 Å². The second-order valence-corrected chi connectivity index (χ2v) is 5.54. The average molecular weight is 339 g/mol. The van der Waals surface area contributed by atoms with Crippen LogP contribution in [-0.4, -0.2) is 31.5 Å². The Kier molecular flexibility index (Phi) is 5.80. The molecule has 22 heavy (non-hydrogen) atoms. The Morgan fingerprint density at radius 3 is 2.64 bits per heavy atom. The van der Waals surface area contributed by atoms with E-state index in [4.69, 9.17) is 16.3 Å². The van der Waals surface area contributed by atoms with Crippen LogP contribution in [0.4, 0.5) is 9.80 Å². The monoisotopic (exact) mass is 338 g/mol. The first-order chi connectivity index (χ1) is 10.7. The van der Waals surface area contributed by atoms with Crippen molar-refractivity contribution in [3.8, 4) is 11.1 Å². The van der Waals surface area contributed by atoms with Crippen LogP contribution in [0.1, 0.15) is 10.4 Å². The summed E-state index contributed by atoms with van der Waals surface area (Å²) in [6.45, 7) is 0.345. The summed E-state index contributed by atoms with van der Waals surface area (Å²) in [7, 11) is 1.31. The van der Waals surface area contributed by atoms with E-state index in [9.17, 15) is 9.59 Å². The lowest BCUT2D eigenvalue weighted by Gasteiger charge is -2.08. The number of urea groups is 1. The van der Waals surface area contributed by atoms with Gasteiger partial charge in [-0.2, -0.15) is 0 Å². The lowest BCUT2D eigenvalue weighted by molar-refractivity contribution is 0.0603. The van der Waals surface area contributed by atoms with Crippen LogP contribution in [0.25, 0.3) is 11.1 Å². The normalized spacial score (nSPS) is 10.1. The Hall–Kier alpha value is -2.05. The van der Waals surface area contributed by atoms with Crippen molar-refractivity contribution in [2.45, 2.75) is 0 Å². The van der Waals surface area contributed by atoms with Gasteiger partial charge in [-0.15, -0.1) is 22.9 Å². The quantitative estimate of drug-likeness (QED) is 0.647. The minimum atomic E-state index is -0.493. The fraction of sp³-hybridized carbons (Fsp3) is 0.200. The first kappa shape index (κ1) is 16.3. The number of hydrogen-bond donors (Lipinski definition) is 2. The Labute approximate surface area is 137 Å². The molecule has 0 saturated carbocycles. The summed E-state index contributed by atoms with van der Waals surface area (Å²) in [5.41, 5.74) is 1.96. The summed E-state index contributed by atoms with van der Waals surface area (Å²) < 4.78 is 4.84. The number of anilines is 1. The summed E-state index contributed by atoms with van der Waals surface area (Å²) in [6.07, 6.45) is 0. The molecule has 0 bridgehead atoms. The first-order valence-electron chi connectivity index (χ1n) is 6.53. The molecule has 2 aromatic rings. The number of halogens is 1. The standard InChI is InChI=1S/C15H15ClN2O3S/c1-21-14(19)12-11(10-5-3-2-4-6-10)9-22-13(12)18-15(20)17-8-7-16/h2-6,9H,7-8H2,1H3,(H2,17,18,20). The highest BCUT2D eigenvalue weighted by atomic mass is 35.5. The number of amides is 2. The van der Waals surface area contributed by atoms with E-state index in [0.717, 1.165) is 11.1 Å². The van der Waals surface area contributed by atoms with Crippen LogP contribution < -0.4 is 10.6 Å². The molecule has 1 heterocycles. The SMILES string of the molecule is COC(=O)c1c(-c2ccccc2)csc1NC(=O)NCCCl. The van der Waals surface area contributed by atoms with Gasteiger partial charge in [0.1, 0.15) is 10.6 Å². The molecule has 2 amide bonds. The number of methoxy groups -OCH3 is 1. The Morgan fingerprint density at radius 2 is 2.00 bits per heavy atom. The third-order valence-electron chi connectivity index (χ3n) is 2.87. The summed E-state index contributed by atoms with van der Waals surface area (Å²) in [5, 5.41) is 7.51. The zero-order valence-corrected chi connectivity index (χ0v) is 13.5. The van der Waals surface area contributed by atoms with Gasteiger partial charge in [0, 0.05) is 23.4 Å². The molecular weight excluding hydrogens is 324 g/mol. The van der Waals surface area contributed by atoms with E-state index >= 15 is 0 Å². The topological polar surface area (TPSA) is 67.4 Å². The number of carbonyl (C=O) groups is 2. The van der Waals surface area contributed by atoms with Crippen molar-refractivity contribution in [1.82, 2.24) is 5.32 Å². The number of carbonyl (C=O) groups excluding carboxylic acids is 2. The van der Waals surface area contributed by atoms with E-state index in [0.29, 0.717) is 23.0 Å². The second kappa shape index (κ2) is 7.82. The lowest BCUT2D eigenvalue weighted by atomic mass is 10.0. The van der Waals surface area contributed by atoms with E-state index < -0.39 is 12.0 Å². The molecule has 0 saturated heterocycles. The van der Waals surface area contributed by atoms with Gasteiger partial charge in [-0.3, -0.25) is 5.32 Å². The smallest absolute Gasteiger partial charge is 0.341 e. The largest absolute Gasteiger partial charge is 0.465 e. The lowest BCUT2D eigenvalue weighted by Crippen LogP contribution is -2.30. The molecule has 0 radical (unpaired) electrons. The predicted octanol–water partition coefficient (Wildman–Crippen LogP) is 3.56. The van der Waals surface area contributed by atoms with Gasteiger partial charge >= 0.3 is 12.0 Å². The fourth-order valence-corrected chi connectivity index (χ4v) is 2.94. The highest BCUT2D eigenvalue weighted by molar-refractivity contribution is 7.15. The van der Waals surface area contributed by atoms with Gasteiger partial charge in [0.15, 0.2) is 0 Å². The van der Waals surface area contributed by atoms with Crippen molar-refractivity contribution in [1.29, 1.82) is 0 Å². The van der Waals surface area contributed by atoms with Gasteiger partial charge in [-0.1, -0.05) is 30.3 Å². The molecule has 1 aromatic heterocycles. The maximum Gasteiger partial charge on any atom is 0.341 e. The van der Waals surface area contributed by atoms with Crippen LogP contribution >= 0.6 is 22.9 Å². The van der Waals surface area contributed by atoms with E-state index in [2.05, 4.69) is 10.6 Å². The average Bonchev–Trinajstić information content (AvgIpc) is 2.96. The first-order valence-corrected chi connectivity index (χ1v) is 7.94. The fourth-order valence-electron chi connectivity index (χ4n) is 1.89. The van der Waals surface area contributed by atoms with Gasteiger partial charge in [-0.05, 0) is 5.56 Å². The number of ether oxygens (including phenoxy) is 1. The summed E-state index contributed by atoms with van der Waals surface area (Å²) in [6, 6.07) is 9.04. The second-order valence-electron chi connectivity index (χ2n) is 4.28. The third-order valence-corrected chi connectivity index (χ3v) is 3.96. The molecule has 7 heteroatoms. The van der Waals surface area contributed by atoms with Crippen LogP contribution in [0.3, 0.4) is 0 Å². The predicted molar refractivity (Wildman–Crippen MR) is 88.8 cm³/mol. The van der Waals surface area contributed by atoms with Crippen LogP contribution in [0.2, 0.25) is 0 Å². The van der Waals surface area contributed by atoms with Gasteiger partial charge in [0.05, 0.1) is 7.11 Å². The Bertz CT molecular complexity index is 658. The van der Waals surface area contributed by atoms with Gasteiger partial charge in [0.2, 0.25) is 0 Å². The van der Waals surface area contributed by atoms with Crippen molar-refractivity contribution < 1.29 is 14.3 Å². The van der Waals surface area contributed by atoms with E-state index in [-0.39, 0.29) is 0 Å². The van der Waals surface area contributed by atoms with E-state index in [1.165, 1.54) is 18.4 Å². The highest BCUT2D eigenvalue weighted by Crippen LogP contribution is 2.35. The zero-order chi connectivity index (χ0) is 15.9.